The van der Waals surface area contributed by atoms with Gasteiger partial charge in [-0.3, -0.25) is 0 Å². The standard InChI is InChI=1S/C30H57NO/c1-5-9-12-14-19-29(20-15-13-10-6-2)27-31-24-22-30(23-25-31)32-26-16-21-28(17-8-4)18-11-7-3/h28-30H,5-15,17-20,22-27H2,1-4H3. The third kappa shape index (κ3) is 15.3. The first-order valence-electron chi connectivity index (χ1n) is 14.6. The molecule has 1 rings (SSSR count). The molecule has 0 bridgehead atoms. The summed E-state index contributed by atoms with van der Waals surface area (Å²) >= 11 is 0. The van der Waals surface area contributed by atoms with Crippen LogP contribution in [0.3, 0.4) is 0 Å². The van der Waals surface area contributed by atoms with Gasteiger partial charge in [0, 0.05) is 25.6 Å². The second-order valence-electron chi connectivity index (χ2n) is 10.3. The number of likely N-dealkylation sites (tertiary alicyclic amines) is 1. The van der Waals surface area contributed by atoms with Gasteiger partial charge in [-0.2, -0.15) is 0 Å². The van der Waals surface area contributed by atoms with E-state index in [0.717, 1.165) is 5.92 Å². The van der Waals surface area contributed by atoms with Crippen LogP contribution in [0, 0.1) is 23.7 Å². The minimum atomic E-state index is 0.424. The van der Waals surface area contributed by atoms with E-state index < -0.39 is 0 Å². The molecule has 0 aromatic heterocycles. The largest absolute Gasteiger partial charge is 0.365 e. The Labute approximate surface area is 202 Å². The van der Waals surface area contributed by atoms with Gasteiger partial charge >= 0.3 is 0 Å². The van der Waals surface area contributed by atoms with Crippen LogP contribution in [0.25, 0.3) is 0 Å². The Morgan fingerprint density at radius 3 is 1.91 bits per heavy atom. The average molecular weight is 448 g/mol. The van der Waals surface area contributed by atoms with Gasteiger partial charge in [-0.15, -0.1) is 0 Å². The molecule has 1 saturated heterocycles. The molecule has 1 fully saturated rings. The zero-order valence-corrected chi connectivity index (χ0v) is 22.4. The fraction of sp³-hybridized carbons (Fsp3) is 0.933. The number of hydrogen-bond acceptors (Lipinski definition) is 2. The second kappa shape index (κ2) is 21.0. The summed E-state index contributed by atoms with van der Waals surface area (Å²) in [6.45, 7) is 13.6. The highest BCUT2D eigenvalue weighted by Crippen LogP contribution is 2.22. The molecule has 0 aromatic rings. The van der Waals surface area contributed by atoms with Gasteiger partial charge in [-0.05, 0) is 44.4 Å². The van der Waals surface area contributed by atoms with Crippen LogP contribution >= 0.6 is 0 Å². The Hall–Kier alpha value is -0.520. The first-order valence-corrected chi connectivity index (χ1v) is 14.6. The van der Waals surface area contributed by atoms with Crippen molar-refractivity contribution < 1.29 is 4.74 Å². The van der Waals surface area contributed by atoms with E-state index in [4.69, 9.17) is 4.74 Å². The van der Waals surface area contributed by atoms with Gasteiger partial charge in [0.15, 0.2) is 0 Å². The summed E-state index contributed by atoms with van der Waals surface area (Å²) in [6.07, 6.45) is 23.2. The van der Waals surface area contributed by atoms with E-state index in [0.29, 0.717) is 18.6 Å². The van der Waals surface area contributed by atoms with Crippen molar-refractivity contribution in [3.8, 4) is 11.8 Å². The maximum atomic E-state index is 6.15. The number of unbranched alkanes of at least 4 members (excludes halogenated alkanes) is 7. The van der Waals surface area contributed by atoms with Gasteiger partial charge in [0.1, 0.15) is 6.61 Å². The lowest BCUT2D eigenvalue weighted by Gasteiger charge is -2.34. The molecule has 0 saturated carbocycles. The van der Waals surface area contributed by atoms with Gasteiger partial charge in [0.25, 0.3) is 0 Å². The number of rotatable bonds is 19. The van der Waals surface area contributed by atoms with E-state index in [1.165, 1.54) is 129 Å². The quantitative estimate of drug-likeness (QED) is 0.145. The van der Waals surface area contributed by atoms with E-state index in [9.17, 15) is 0 Å². The summed E-state index contributed by atoms with van der Waals surface area (Å²) < 4.78 is 6.15. The number of piperidine rings is 1. The molecule has 1 aliphatic rings. The molecule has 1 heterocycles. The van der Waals surface area contributed by atoms with E-state index in [2.05, 4.69) is 44.4 Å². The van der Waals surface area contributed by atoms with Gasteiger partial charge in [0.2, 0.25) is 0 Å². The van der Waals surface area contributed by atoms with Crippen molar-refractivity contribution in [3.63, 3.8) is 0 Å². The third-order valence-corrected chi connectivity index (χ3v) is 7.22. The highest BCUT2D eigenvalue weighted by molar-refractivity contribution is 5.04. The fourth-order valence-corrected chi connectivity index (χ4v) is 5.10. The summed E-state index contributed by atoms with van der Waals surface area (Å²) in [5.74, 6) is 8.34. The minimum Gasteiger partial charge on any atom is -0.365 e. The van der Waals surface area contributed by atoms with Crippen LogP contribution in [0.1, 0.15) is 137 Å². The van der Waals surface area contributed by atoms with Crippen LogP contribution in [0.15, 0.2) is 0 Å². The SMILES string of the molecule is CCCCCCC(CCCCCC)CN1CCC(OCC#CC(CCC)CCCC)CC1. The molecule has 188 valence electrons. The lowest BCUT2D eigenvalue weighted by molar-refractivity contribution is 0.0199. The Balaban J connectivity index is 2.31. The summed E-state index contributed by atoms with van der Waals surface area (Å²) in [4.78, 5) is 2.73. The minimum absolute atomic E-state index is 0.424. The molecule has 0 aromatic carbocycles. The van der Waals surface area contributed by atoms with Crippen molar-refractivity contribution in [2.75, 3.05) is 26.2 Å². The third-order valence-electron chi connectivity index (χ3n) is 7.22. The Morgan fingerprint density at radius 1 is 0.719 bits per heavy atom. The molecule has 32 heavy (non-hydrogen) atoms. The zero-order chi connectivity index (χ0) is 23.3. The van der Waals surface area contributed by atoms with Crippen LogP contribution in [-0.4, -0.2) is 37.2 Å². The fourth-order valence-electron chi connectivity index (χ4n) is 5.10. The van der Waals surface area contributed by atoms with Crippen LogP contribution < -0.4 is 0 Å². The van der Waals surface area contributed by atoms with Crippen molar-refractivity contribution in [2.24, 2.45) is 11.8 Å². The summed E-state index contributed by atoms with van der Waals surface area (Å²) in [5.41, 5.74) is 0. The number of nitrogens with zero attached hydrogens (tertiary/aromatic N) is 1. The Bertz CT molecular complexity index is 445. The van der Waals surface area contributed by atoms with Crippen LogP contribution in [0.4, 0.5) is 0 Å². The van der Waals surface area contributed by atoms with Crippen LogP contribution in [0.5, 0.6) is 0 Å². The molecule has 1 aliphatic heterocycles. The van der Waals surface area contributed by atoms with Gasteiger partial charge in [0.05, 0.1) is 6.10 Å². The first-order chi connectivity index (χ1) is 15.7. The highest BCUT2D eigenvalue weighted by Gasteiger charge is 2.22. The topological polar surface area (TPSA) is 12.5 Å². The zero-order valence-electron chi connectivity index (χ0n) is 22.4. The van der Waals surface area contributed by atoms with Crippen LogP contribution in [0.2, 0.25) is 0 Å². The van der Waals surface area contributed by atoms with Crippen molar-refractivity contribution in [1.29, 1.82) is 0 Å². The molecule has 0 radical (unpaired) electrons. The molecule has 1 atom stereocenters. The predicted octanol–water partition coefficient (Wildman–Crippen LogP) is 8.63. The summed E-state index contributed by atoms with van der Waals surface area (Å²) in [5, 5.41) is 0. The normalized spacial score (nSPS) is 16.3. The molecule has 0 aliphatic carbocycles. The van der Waals surface area contributed by atoms with Crippen molar-refractivity contribution >= 4 is 0 Å². The van der Waals surface area contributed by atoms with E-state index in [1.807, 2.05) is 0 Å². The molecule has 0 amide bonds. The van der Waals surface area contributed by atoms with Crippen molar-refractivity contribution in [1.82, 2.24) is 4.90 Å². The molecular formula is C30H57NO. The van der Waals surface area contributed by atoms with Crippen LogP contribution in [-0.2, 0) is 4.74 Å². The predicted molar refractivity (Wildman–Crippen MR) is 142 cm³/mol. The maximum absolute atomic E-state index is 6.15. The number of hydrogen-bond donors (Lipinski definition) is 0. The second-order valence-corrected chi connectivity index (χ2v) is 10.3. The smallest absolute Gasteiger partial charge is 0.108 e. The molecule has 2 heteroatoms. The van der Waals surface area contributed by atoms with Crippen molar-refractivity contribution in [3.05, 3.63) is 0 Å². The Morgan fingerprint density at radius 2 is 1.34 bits per heavy atom. The van der Waals surface area contributed by atoms with Gasteiger partial charge in [-0.25, -0.2) is 0 Å². The average Bonchev–Trinajstić information content (AvgIpc) is 2.81. The molecule has 0 N–H and O–H groups in total. The van der Waals surface area contributed by atoms with Gasteiger partial charge < -0.3 is 9.64 Å². The first kappa shape index (κ1) is 29.5. The monoisotopic (exact) mass is 447 g/mol. The van der Waals surface area contributed by atoms with Gasteiger partial charge in [-0.1, -0.05) is 110 Å². The Kier molecular flexibility index (Phi) is 19.4. The molecule has 0 spiro atoms. The highest BCUT2D eigenvalue weighted by atomic mass is 16.5. The van der Waals surface area contributed by atoms with E-state index in [-0.39, 0.29) is 0 Å². The van der Waals surface area contributed by atoms with Crippen molar-refractivity contribution in [2.45, 2.75) is 143 Å². The molecule has 2 nitrogen and oxygen atoms in total. The van der Waals surface area contributed by atoms with E-state index in [1.54, 1.807) is 0 Å². The lowest BCUT2D eigenvalue weighted by Crippen LogP contribution is -2.39. The summed E-state index contributed by atoms with van der Waals surface area (Å²) in [6, 6.07) is 0. The molecule has 1 unspecified atom stereocenters. The maximum Gasteiger partial charge on any atom is 0.108 e. The number of ether oxygens (including phenoxy) is 1. The molecular weight excluding hydrogens is 390 g/mol. The summed E-state index contributed by atoms with van der Waals surface area (Å²) in [7, 11) is 0. The van der Waals surface area contributed by atoms with E-state index >= 15 is 0 Å². The lowest BCUT2D eigenvalue weighted by atomic mass is 9.93.